The van der Waals surface area contributed by atoms with Gasteiger partial charge in [0.25, 0.3) is 0 Å². The molecule has 0 aliphatic carbocycles. The highest BCUT2D eigenvalue weighted by atomic mass is 19.1. The summed E-state index contributed by atoms with van der Waals surface area (Å²) >= 11 is 0. The van der Waals surface area contributed by atoms with Crippen molar-refractivity contribution in [3.05, 3.63) is 36.0 Å². The number of likely N-dealkylation sites (N-methyl/N-ethyl adjacent to an activating group) is 1. The lowest BCUT2D eigenvalue weighted by Gasteiger charge is -2.13. The third-order valence-electron chi connectivity index (χ3n) is 3.24. The Balaban J connectivity index is 1.81. The van der Waals surface area contributed by atoms with E-state index in [4.69, 9.17) is 9.26 Å². The van der Waals surface area contributed by atoms with E-state index in [0.29, 0.717) is 37.0 Å². The predicted octanol–water partition coefficient (Wildman–Crippen LogP) is 1.46. The first kappa shape index (κ1) is 18.0. The van der Waals surface area contributed by atoms with Gasteiger partial charge in [0.2, 0.25) is 17.6 Å². The average molecular weight is 336 g/mol. The van der Waals surface area contributed by atoms with Gasteiger partial charge in [-0.1, -0.05) is 5.16 Å². The van der Waals surface area contributed by atoms with Crippen LogP contribution in [0.15, 0.2) is 28.8 Å². The van der Waals surface area contributed by atoms with Crippen molar-refractivity contribution in [2.45, 2.75) is 13.0 Å². The first-order valence-corrected chi connectivity index (χ1v) is 7.61. The van der Waals surface area contributed by atoms with Gasteiger partial charge in [0, 0.05) is 25.8 Å². The molecule has 0 atom stereocenters. The third kappa shape index (κ3) is 5.71. The van der Waals surface area contributed by atoms with Crippen molar-refractivity contribution in [2.75, 3.05) is 33.9 Å². The number of halogens is 1. The quantitative estimate of drug-likeness (QED) is 0.698. The van der Waals surface area contributed by atoms with Crippen molar-refractivity contribution in [1.82, 2.24) is 20.4 Å². The average Bonchev–Trinajstić information content (AvgIpc) is 3.00. The molecule has 1 heterocycles. The summed E-state index contributed by atoms with van der Waals surface area (Å²) in [5.41, 5.74) is 0.671. The predicted molar refractivity (Wildman–Crippen MR) is 85.5 cm³/mol. The zero-order valence-electron chi connectivity index (χ0n) is 13.8. The second kappa shape index (κ2) is 9.09. The van der Waals surface area contributed by atoms with Crippen LogP contribution in [0.1, 0.15) is 12.3 Å². The minimum Gasteiger partial charge on any atom is -0.385 e. The molecule has 24 heavy (non-hydrogen) atoms. The second-order valence-corrected chi connectivity index (χ2v) is 5.39. The SMILES string of the molecule is COCCCNC(=O)CN(C)Cc1nc(-c2ccc(F)cc2)no1. The van der Waals surface area contributed by atoms with Crippen LogP contribution in [0.5, 0.6) is 0 Å². The fourth-order valence-corrected chi connectivity index (χ4v) is 2.07. The molecule has 2 rings (SSSR count). The van der Waals surface area contributed by atoms with E-state index < -0.39 is 0 Å². The zero-order valence-corrected chi connectivity index (χ0v) is 13.8. The van der Waals surface area contributed by atoms with Crippen LogP contribution in [-0.2, 0) is 16.1 Å². The maximum absolute atomic E-state index is 12.9. The van der Waals surface area contributed by atoms with Crippen LogP contribution in [0.25, 0.3) is 11.4 Å². The largest absolute Gasteiger partial charge is 0.385 e. The monoisotopic (exact) mass is 336 g/mol. The highest BCUT2D eigenvalue weighted by molar-refractivity contribution is 5.77. The minimum atomic E-state index is -0.321. The van der Waals surface area contributed by atoms with E-state index >= 15 is 0 Å². The normalized spacial score (nSPS) is 11.0. The molecule has 1 aromatic heterocycles. The van der Waals surface area contributed by atoms with Gasteiger partial charge in [-0.2, -0.15) is 4.98 Å². The van der Waals surface area contributed by atoms with Crippen molar-refractivity contribution < 1.29 is 18.4 Å². The highest BCUT2D eigenvalue weighted by Gasteiger charge is 2.13. The number of carbonyl (C=O) groups excluding carboxylic acids is 1. The number of hydrogen-bond donors (Lipinski definition) is 1. The third-order valence-corrected chi connectivity index (χ3v) is 3.24. The van der Waals surface area contributed by atoms with Crippen LogP contribution in [0.4, 0.5) is 4.39 Å². The highest BCUT2D eigenvalue weighted by Crippen LogP contribution is 2.16. The van der Waals surface area contributed by atoms with Crippen LogP contribution in [0.3, 0.4) is 0 Å². The lowest BCUT2D eigenvalue weighted by Crippen LogP contribution is -2.35. The maximum atomic E-state index is 12.9. The number of hydrogen-bond acceptors (Lipinski definition) is 6. The van der Waals surface area contributed by atoms with Crippen molar-refractivity contribution in [1.29, 1.82) is 0 Å². The lowest BCUT2D eigenvalue weighted by atomic mass is 10.2. The Hall–Kier alpha value is -2.32. The van der Waals surface area contributed by atoms with Gasteiger partial charge in [0.05, 0.1) is 13.1 Å². The number of nitrogens with one attached hydrogen (secondary N) is 1. The second-order valence-electron chi connectivity index (χ2n) is 5.39. The molecule has 0 fully saturated rings. The Morgan fingerprint density at radius 2 is 2.12 bits per heavy atom. The van der Waals surface area contributed by atoms with Crippen LogP contribution in [0.2, 0.25) is 0 Å². The molecule has 0 aliphatic rings. The van der Waals surface area contributed by atoms with E-state index in [2.05, 4.69) is 15.5 Å². The molecule has 0 unspecified atom stereocenters. The molecular formula is C16H21FN4O3. The summed E-state index contributed by atoms with van der Waals surface area (Å²) in [6.07, 6.45) is 0.774. The van der Waals surface area contributed by atoms with Crippen molar-refractivity contribution in [3.63, 3.8) is 0 Å². The first-order chi connectivity index (χ1) is 11.6. The summed E-state index contributed by atoms with van der Waals surface area (Å²) in [4.78, 5) is 17.8. The Labute approximate surface area is 139 Å². The molecule has 1 N–H and O–H groups in total. The minimum absolute atomic E-state index is 0.0770. The van der Waals surface area contributed by atoms with Gasteiger partial charge in [-0.05, 0) is 37.7 Å². The standard InChI is InChI=1S/C16H21FN4O3/c1-21(10-14(22)18-8-3-9-23-2)11-15-19-16(20-24-15)12-4-6-13(17)7-5-12/h4-7H,3,8-11H2,1-2H3,(H,18,22). The van der Waals surface area contributed by atoms with Gasteiger partial charge in [0.1, 0.15) is 5.82 Å². The summed E-state index contributed by atoms with van der Waals surface area (Å²) < 4.78 is 23.0. The topological polar surface area (TPSA) is 80.5 Å². The number of carbonyl (C=O) groups is 1. The number of amides is 1. The van der Waals surface area contributed by atoms with E-state index in [-0.39, 0.29) is 18.3 Å². The number of benzene rings is 1. The Bertz CT molecular complexity index is 645. The molecular weight excluding hydrogens is 315 g/mol. The lowest BCUT2D eigenvalue weighted by molar-refractivity contribution is -0.122. The zero-order chi connectivity index (χ0) is 17.4. The summed E-state index contributed by atoms with van der Waals surface area (Å²) in [6, 6.07) is 5.85. The van der Waals surface area contributed by atoms with Gasteiger partial charge in [0.15, 0.2) is 0 Å². The number of methoxy groups -OCH3 is 1. The molecule has 0 aliphatic heterocycles. The summed E-state index contributed by atoms with van der Waals surface area (Å²) in [5, 5.41) is 6.68. The first-order valence-electron chi connectivity index (χ1n) is 7.61. The fraction of sp³-hybridized carbons (Fsp3) is 0.438. The van der Waals surface area contributed by atoms with Crippen LogP contribution in [-0.4, -0.2) is 54.8 Å². The van der Waals surface area contributed by atoms with Gasteiger partial charge in [-0.15, -0.1) is 0 Å². The molecule has 0 spiro atoms. The molecule has 0 radical (unpaired) electrons. The number of aromatic nitrogens is 2. The molecule has 0 bridgehead atoms. The Morgan fingerprint density at radius 3 is 2.83 bits per heavy atom. The van der Waals surface area contributed by atoms with Crippen molar-refractivity contribution in [3.8, 4) is 11.4 Å². The number of rotatable bonds is 9. The van der Waals surface area contributed by atoms with Gasteiger partial charge >= 0.3 is 0 Å². The molecule has 0 saturated carbocycles. The Kier molecular flexibility index (Phi) is 6.83. The number of nitrogens with zero attached hydrogens (tertiary/aromatic N) is 3. The summed E-state index contributed by atoms with van der Waals surface area (Å²) in [7, 11) is 3.41. The van der Waals surface area contributed by atoms with Gasteiger partial charge in [-0.25, -0.2) is 4.39 Å². The summed E-state index contributed by atoms with van der Waals surface area (Å²) in [5.74, 6) is 0.386. The van der Waals surface area contributed by atoms with Crippen LogP contribution in [0, 0.1) is 5.82 Å². The molecule has 8 heteroatoms. The molecule has 130 valence electrons. The molecule has 0 saturated heterocycles. The van der Waals surface area contributed by atoms with Gasteiger partial charge in [-0.3, -0.25) is 9.69 Å². The summed E-state index contributed by atoms with van der Waals surface area (Å²) in [6.45, 7) is 1.76. The number of ether oxygens (including phenoxy) is 1. The van der Waals surface area contributed by atoms with E-state index in [1.165, 1.54) is 12.1 Å². The van der Waals surface area contributed by atoms with Crippen molar-refractivity contribution >= 4 is 5.91 Å². The van der Waals surface area contributed by atoms with E-state index in [9.17, 15) is 9.18 Å². The van der Waals surface area contributed by atoms with E-state index in [1.807, 2.05) is 0 Å². The van der Waals surface area contributed by atoms with E-state index in [1.54, 1.807) is 31.2 Å². The Morgan fingerprint density at radius 1 is 1.38 bits per heavy atom. The maximum Gasteiger partial charge on any atom is 0.241 e. The van der Waals surface area contributed by atoms with Crippen LogP contribution >= 0.6 is 0 Å². The molecule has 2 aromatic rings. The van der Waals surface area contributed by atoms with Crippen LogP contribution < -0.4 is 5.32 Å². The fourth-order valence-electron chi connectivity index (χ4n) is 2.07. The van der Waals surface area contributed by atoms with E-state index in [0.717, 1.165) is 6.42 Å². The molecule has 1 aromatic carbocycles. The molecule has 7 nitrogen and oxygen atoms in total. The molecule has 1 amide bonds. The van der Waals surface area contributed by atoms with Gasteiger partial charge < -0.3 is 14.6 Å². The van der Waals surface area contributed by atoms with Crippen molar-refractivity contribution in [2.24, 2.45) is 0 Å². The smallest absolute Gasteiger partial charge is 0.241 e.